The molecule has 1 saturated heterocycles. The molecule has 6 heteroatoms. The lowest BCUT2D eigenvalue weighted by Gasteiger charge is -2.26. The van der Waals surface area contributed by atoms with E-state index >= 15 is 0 Å². The van der Waals surface area contributed by atoms with Gasteiger partial charge in [-0.25, -0.2) is 0 Å². The molecule has 0 radical (unpaired) electrons. The Hall–Kier alpha value is 0.360. The normalized spacial score (nSPS) is 15.9. The first kappa shape index (κ1) is 14.9. The van der Waals surface area contributed by atoms with E-state index in [9.17, 15) is 4.79 Å². The van der Waals surface area contributed by atoms with Crippen LogP contribution in [0.5, 0.6) is 0 Å². The van der Waals surface area contributed by atoms with Crippen LogP contribution in [0.1, 0.15) is 0 Å². The van der Waals surface area contributed by atoms with Crippen LogP contribution in [0.4, 0.5) is 0 Å². The molecular formula is C6H13Cl2NO2S. The first-order chi connectivity index (χ1) is 4.84. The Morgan fingerprint density at radius 2 is 1.83 bits per heavy atom. The monoisotopic (exact) mass is 233 g/mol. The van der Waals surface area contributed by atoms with Gasteiger partial charge in [-0.3, -0.25) is 4.79 Å². The number of nitrogens with zero attached hydrogens (tertiary/aromatic N) is 1. The average Bonchev–Trinajstić information content (AvgIpc) is 2.05. The van der Waals surface area contributed by atoms with Crippen LogP contribution in [0.15, 0.2) is 0 Å². The van der Waals surface area contributed by atoms with Crippen molar-refractivity contribution in [2.45, 2.75) is 0 Å². The molecule has 74 valence electrons. The van der Waals surface area contributed by atoms with Gasteiger partial charge in [0.1, 0.15) is 0 Å². The molecule has 0 aliphatic carbocycles. The van der Waals surface area contributed by atoms with Crippen LogP contribution >= 0.6 is 37.4 Å². The molecule has 0 unspecified atom stereocenters. The molecule has 0 aromatic rings. The van der Waals surface area contributed by atoms with Gasteiger partial charge < -0.3 is 9.64 Å². The summed E-state index contributed by atoms with van der Waals surface area (Å²) in [6, 6.07) is 0. The van der Waals surface area contributed by atoms with Gasteiger partial charge in [-0.15, -0.1) is 24.8 Å². The summed E-state index contributed by atoms with van der Waals surface area (Å²) in [5.74, 6) is 0.409. The molecule has 3 nitrogen and oxygen atoms in total. The summed E-state index contributed by atoms with van der Waals surface area (Å²) in [5.41, 5.74) is 0. The van der Waals surface area contributed by atoms with Gasteiger partial charge in [-0.05, 0) is 0 Å². The fraction of sp³-hybridized carbons (Fsp3) is 0.833. The predicted octanol–water partition coefficient (Wildman–Crippen LogP) is 0.619. The van der Waals surface area contributed by atoms with Crippen molar-refractivity contribution in [3.05, 3.63) is 0 Å². The average molecular weight is 234 g/mol. The van der Waals surface area contributed by atoms with E-state index in [1.165, 1.54) is 0 Å². The van der Waals surface area contributed by atoms with E-state index in [1.807, 2.05) is 0 Å². The molecule has 0 aromatic heterocycles. The lowest BCUT2D eigenvalue weighted by atomic mass is 10.4. The molecular weight excluding hydrogens is 221 g/mol. The second kappa shape index (κ2) is 7.98. The number of carbonyl (C=O) groups excluding carboxylic acids is 1. The number of rotatable bonds is 1. The molecule has 0 atom stereocenters. The SMILES string of the molecule is Cl.Cl.O=C(CS)N1CCOCC1. The summed E-state index contributed by atoms with van der Waals surface area (Å²) >= 11 is 3.89. The molecule has 0 N–H and O–H groups in total. The van der Waals surface area contributed by atoms with Gasteiger partial charge in [0.25, 0.3) is 0 Å². The number of halogens is 2. The zero-order valence-electron chi connectivity index (χ0n) is 6.56. The Kier molecular flexibility index (Phi) is 9.88. The van der Waals surface area contributed by atoms with Crippen molar-refractivity contribution >= 4 is 43.4 Å². The Bertz CT molecular complexity index is 131. The minimum absolute atomic E-state index is 0. The third-order valence-electron chi connectivity index (χ3n) is 1.50. The highest BCUT2D eigenvalue weighted by Crippen LogP contribution is 1.97. The second-order valence-corrected chi connectivity index (χ2v) is 2.47. The highest BCUT2D eigenvalue weighted by Gasteiger charge is 2.14. The van der Waals surface area contributed by atoms with E-state index < -0.39 is 0 Å². The largest absolute Gasteiger partial charge is 0.378 e. The molecule has 1 amide bonds. The quantitative estimate of drug-likeness (QED) is 0.674. The molecule has 1 aliphatic rings. The lowest BCUT2D eigenvalue weighted by Crippen LogP contribution is -2.41. The third-order valence-corrected chi connectivity index (χ3v) is 1.77. The van der Waals surface area contributed by atoms with Crippen LogP contribution < -0.4 is 0 Å². The maximum Gasteiger partial charge on any atom is 0.232 e. The number of ether oxygens (including phenoxy) is 1. The summed E-state index contributed by atoms with van der Waals surface area (Å²) in [5, 5.41) is 0. The third kappa shape index (κ3) is 4.40. The van der Waals surface area contributed by atoms with Gasteiger partial charge in [-0.2, -0.15) is 12.6 Å². The molecule has 0 saturated carbocycles. The number of hydrogen-bond donors (Lipinski definition) is 1. The van der Waals surface area contributed by atoms with E-state index in [1.54, 1.807) is 4.90 Å². The lowest BCUT2D eigenvalue weighted by molar-refractivity contribution is -0.132. The first-order valence-electron chi connectivity index (χ1n) is 3.31. The van der Waals surface area contributed by atoms with Crippen molar-refractivity contribution in [3.8, 4) is 0 Å². The van der Waals surface area contributed by atoms with E-state index in [2.05, 4.69) is 12.6 Å². The topological polar surface area (TPSA) is 29.5 Å². The number of amides is 1. The predicted molar refractivity (Wildman–Crippen MR) is 55.7 cm³/mol. The first-order valence-corrected chi connectivity index (χ1v) is 3.94. The van der Waals surface area contributed by atoms with Crippen molar-refractivity contribution in [3.63, 3.8) is 0 Å². The molecule has 0 aromatic carbocycles. The number of carbonyl (C=O) groups is 1. The standard InChI is InChI=1S/C6H11NO2S.2ClH/c8-6(5-10)7-1-3-9-4-2-7;;/h10H,1-5H2;2*1H. The van der Waals surface area contributed by atoms with Crippen LogP contribution in [0, 0.1) is 0 Å². The molecule has 12 heavy (non-hydrogen) atoms. The van der Waals surface area contributed by atoms with Gasteiger partial charge in [0.05, 0.1) is 19.0 Å². The molecule has 1 heterocycles. The van der Waals surface area contributed by atoms with Crippen LogP contribution in [0.25, 0.3) is 0 Å². The summed E-state index contributed by atoms with van der Waals surface area (Å²) in [6.07, 6.45) is 0. The van der Waals surface area contributed by atoms with Crippen molar-refractivity contribution in [2.75, 3.05) is 32.1 Å². The van der Waals surface area contributed by atoms with E-state index in [4.69, 9.17) is 4.74 Å². The van der Waals surface area contributed by atoms with Gasteiger partial charge in [0.2, 0.25) is 5.91 Å². The fourth-order valence-electron chi connectivity index (χ4n) is 0.913. The zero-order chi connectivity index (χ0) is 7.40. The van der Waals surface area contributed by atoms with Gasteiger partial charge in [-0.1, -0.05) is 0 Å². The van der Waals surface area contributed by atoms with E-state index in [0.29, 0.717) is 19.0 Å². The van der Waals surface area contributed by atoms with Crippen molar-refractivity contribution < 1.29 is 9.53 Å². The van der Waals surface area contributed by atoms with Crippen LogP contribution in [-0.2, 0) is 9.53 Å². The Morgan fingerprint density at radius 1 is 1.33 bits per heavy atom. The maximum absolute atomic E-state index is 11.0. The van der Waals surface area contributed by atoms with Crippen LogP contribution in [0.3, 0.4) is 0 Å². The van der Waals surface area contributed by atoms with E-state index in [-0.39, 0.29) is 30.7 Å². The summed E-state index contributed by atoms with van der Waals surface area (Å²) in [4.78, 5) is 12.7. The number of hydrogen-bond acceptors (Lipinski definition) is 3. The highest BCUT2D eigenvalue weighted by molar-refractivity contribution is 7.81. The molecule has 1 fully saturated rings. The summed E-state index contributed by atoms with van der Waals surface area (Å²) < 4.78 is 5.08. The van der Waals surface area contributed by atoms with Crippen LogP contribution in [-0.4, -0.2) is 42.9 Å². The van der Waals surface area contributed by atoms with Crippen LogP contribution in [0.2, 0.25) is 0 Å². The molecule has 1 rings (SSSR count). The zero-order valence-corrected chi connectivity index (χ0v) is 9.09. The van der Waals surface area contributed by atoms with Gasteiger partial charge in [0.15, 0.2) is 0 Å². The molecule has 0 spiro atoms. The number of morpholine rings is 1. The molecule has 0 bridgehead atoms. The highest BCUT2D eigenvalue weighted by atomic mass is 35.5. The summed E-state index contributed by atoms with van der Waals surface area (Å²) in [6.45, 7) is 2.78. The summed E-state index contributed by atoms with van der Waals surface area (Å²) in [7, 11) is 0. The Balaban J connectivity index is 0. The second-order valence-electron chi connectivity index (χ2n) is 2.15. The molecule has 1 aliphatic heterocycles. The Morgan fingerprint density at radius 3 is 2.25 bits per heavy atom. The Labute approximate surface area is 90.1 Å². The number of thiol groups is 1. The van der Waals surface area contributed by atoms with E-state index in [0.717, 1.165) is 13.1 Å². The smallest absolute Gasteiger partial charge is 0.232 e. The van der Waals surface area contributed by atoms with Gasteiger partial charge in [0, 0.05) is 13.1 Å². The maximum atomic E-state index is 11.0. The fourth-order valence-corrected chi connectivity index (χ4v) is 1.11. The van der Waals surface area contributed by atoms with Gasteiger partial charge >= 0.3 is 0 Å². The minimum Gasteiger partial charge on any atom is -0.378 e. The van der Waals surface area contributed by atoms with Crippen molar-refractivity contribution in [2.24, 2.45) is 0 Å². The minimum atomic E-state index is 0. The van der Waals surface area contributed by atoms with Crippen molar-refractivity contribution in [1.82, 2.24) is 4.90 Å². The van der Waals surface area contributed by atoms with Crippen molar-refractivity contribution in [1.29, 1.82) is 0 Å².